The molecule has 5 aliphatic rings. The molecule has 0 aromatic rings. The highest BCUT2D eigenvalue weighted by Crippen LogP contribution is 2.76. The van der Waals surface area contributed by atoms with Gasteiger partial charge < -0.3 is 5.11 Å². The molecule has 5 aliphatic carbocycles. The van der Waals surface area contributed by atoms with Crippen LogP contribution in [0.15, 0.2) is 11.6 Å². The van der Waals surface area contributed by atoms with Gasteiger partial charge >= 0.3 is 0 Å². The maximum absolute atomic E-state index is 10.9. The van der Waals surface area contributed by atoms with Gasteiger partial charge in [0, 0.05) is 0 Å². The first-order chi connectivity index (χ1) is 15.7. The van der Waals surface area contributed by atoms with Crippen molar-refractivity contribution >= 4 is 0 Å². The summed E-state index contributed by atoms with van der Waals surface area (Å²) < 4.78 is 0. The standard InChI is InChI=1S/C31H52O.C2H6/c1-19-12-15-28(6)20(2)18-31(9)22(26(28)21(19)3)10-11-24-29(7)16-14-25(32)27(4,5)23(29)13-17-30(24,31)8;1-2/h10,19-21,23-26,32H,11-18H2,1-9H3;1-2H3/t19?,20-,21?,23?,24?,25?,26?,28?,29?,30?,31?;/m1./s1. The Kier molecular flexibility index (Phi) is 6.58. The Bertz CT molecular complexity index is 809. The van der Waals surface area contributed by atoms with Gasteiger partial charge in [-0.2, -0.15) is 0 Å². The van der Waals surface area contributed by atoms with Crippen LogP contribution in [0.25, 0.3) is 0 Å². The van der Waals surface area contributed by atoms with E-state index in [1.54, 1.807) is 0 Å². The molecule has 0 saturated heterocycles. The lowest BCUT2D eigenvalue weighted by Gasteiger charge is -2.72. The molecule has 1 nitrogen and oxygen atoms in total. The maximum Gasteiger partial charge on any atom is 0.0594 e. The Hall–Kier alpha value is -0.300. The molecule has 0 amide bonds. The zero-order chi connectivity index (χ0) is 25.5. The van der Waals surface area contributed by atoms with Gasteiger partial charge in [-0.1, -0.05) is 87.8 Å². The van der Waals surface area contributed by atoms with Crippen LogP contribution in [0.2, 0.25) is 0 Å². The lowest BCUT2D eigenvalue weighted by Crippen LogP contribution is -2.65. The molecule has 0 bridgehead atoms. The van der Waals surface area contributed by atoms with Crippen molar-refractivity contribution < 1.29 is 5.11 Å². The van der Waals surface area contributed by atoms with Crippen LogP contribution in [0, 0.1) is 62.6 Å². The summed E-state index contributed by atoms with van der Waals surface area (Å²) in [7, 11) is 0. The molecule has 0 aliphatic heterocycles. The van der Waals surface area contributed by atoms with E-state index in [2.05, 4.69) is 68.4 Å². The van der Waals surface area contributed by atoms with E-state index in [9.17, 15) is 5.11 Å². The second-order valence-corrected chi connectivity index (χ2v) is 15.1. The van der Waals surface area contributed by atoms with E-state index >= 15 is 0 Å². The van der Waals surface area contributed by atoms with Gasteiger partial charge in [-0.15, -0.1) is 0 Å². The molecule has 5 rings (SSSR count). The minimum absolute atomic E-state index is 0.0466. The molecule has 1 N–H and O–H groups in total. The molecule has 0 spiro atoms. The predicted octanol–water partition coefficient (Wildman–Crippen LogP) is 9.30. The summed E-state index contributed by atoms with van der Waals surface area (Å²) >= 11 is 0. The van der Waals surface area contributed by atoms with Gasteiger partial charge in [0.2, 0.25) is 0 Å². The van der Waals surface area contributed by atoms with Crippen molar-refractivity contribution in [2.24, 2.45) is 62.6 Å². The van der Waals surface area contributed by atoms with Crippen molar-refractivity contribution in [3.05, 3.63) is 11.6 Å². The first-order valence-corrected chi connectivity index (χ1v) is 15.1. The first kappa shape index (κ1) is 26.8. The lowest BCUT2D eigenvalue weighted by atomic mass is 9.32. The molecule has 10 unspecified atom stereocenters. The Balaban J connectivity index is 0.00000133. The summed E-state index contributed by atoms with van der Waals surface area (Å²) in [5.74, 6) is 4.63. The summed E-state index contributed by atoms with van der Waals surface area (Å²) in [6.45, 7) is 27.2. The fourth-order valence-corrected chi connectivity index (χ4v) is 11.3. The van der Waals surface area contributed by atoms with Crippen molar-refractivity contribution in [3.8, 4) is 0 Å². The monoisotopic (exact) mass is 470 g/mol. The first-order valence-electron chi connectivity index (χ1n) is 15.1. The van der Waals surface area contributed by atoms with Crippen LogP contribution in [0.4, 0.5) is 0 Å². The van der Waals surface area contributed by atoms with E-state index in [1.807, 2.05) is 19.4 Å². The van der Waals surface area contributed by atoms with Crippen LogP contribution in [-0.2, 0) is 0 Å². The number of fused-ring (bicyclic) bond motifs is 7. The topological polar surface area (TPSA) is 20.2 Å². The normalized spacial score (nSPS) is 55.9. The van der Waals surface area contributed by atoms with E-state index in [1.165, 1.54) is 44.9 Å². The van der Waals surface area contributed by atoms with E-state index in [4.69, 9.17) is 0 Å². The van der Waals surface area contributed by atoms with E-state index < -0.39 is 0 Å². The number of hydrogen-bond donors (Lipinski definition) is 1. The minimum atomic E-state index is -0.129. The van der Waals surface area contributed by atoms with E-state index in [0.29, 0.717) is 27.6 Å². The highest BCUT2D eigenvalue weighted by Gasteiger charge is 2.68. The zero-order valence-electron chi connectivity index (χ0n) is 24.7. The average Bonchev–Trinajstić information content (AvgIpc) is 2.77. The highest BCUT2D eigenvalue weighted by atomic mass is 16.3. The second kappa shape index (κ2) is 8.36. The quantitative estimate of drug-likeness (QED) is 0.350. The lowest BCUT2D eigenvalue weighted by molar-refractivity contribution is -0.208. The third kappa shape index (κ3) is 3.20. The Labute approximate surface area is 212 Å². The third-order valence-corrected chi connectivity index (χ3v) is 13.9. The fraction of sp³-hybridized carbons (Fsp3) is 0.939. The zero-order valence-corrected chi connectivity index (χ0v) is 24.7. The number of rotatable bonds is 0. The summed E-state index contributed by atoms with van der Waals surface area (Å²) in [6, 6.07) is 0. The number of aliphatic hydroxyl groups excluding tert-OH is 1. The Morgan fingerprint density at radius 3 is 2.06 bits per heavy atom. The van der Waals surface area contributed by atoms with Gasteiger partial charge in [0.1, 0.15) is 0 Å². The van der Waals surface area contributed by atoms with E-state index in [-0.39, 0.29) is 11.5 Å². The van der Waals surface area contributed by atoms with Crippen LogP contribution in [0.1, 0.15) is 128 Å². The molecule has 4 saturated carbocycles. The summed E-state index contributed by atoms with van der Waals surface area (Å²) in [5.41, 5.74) is 3.49. The fourth-order valence-electron chi connectivity index (χ4n) is 11.3. The van der Waals surface area contributed by atoms with Crippen LogP contribution >= 0.6 is 0 Å². The van der Waals surface area contributed by atoms with E-state index in [0.717, 1.165) is 36.0 Å². The van der Waals surface area contributed by atoms with Gasteiger partial charge in [-0.3, -0.25) is 0 Å². The summed E-state index contributed by atoms with van der Waals surface area (Å²) in [4.78, 5) is 0. The van der Waals surface area contributed by atoms with Gasteiger partial charge in [-0.05, 0) is 114 Å². The van der Waals surface area contributed by atoms with Crippen LogP contribution in [0.5, 0.6) is 0 Å². The molecular formula is C33H58O. The van der Waals surface area contributed by atoms with Crippen molar-refractivity contribution in [2.75, 3.05) is 0 Å². The van der Waals surface area contributed by atoms with Crippen LogP contribution in [0.3, 0.4) is 0 Å². The number of allylic oxidation sites excluding steroid dienone is 2. The van der Waals surface area contributed by atoms with Gasteiger partial charge in [-0.25, -0.2) is 0 Å². The van der Waals surface area contributed by atoms with Crippen molar-refractivity contribution in [2.45, 2.75) is 134 Å². The third-order valence-electron chi connectivity index (χ3n) is 13.9. The summed E-state index contributed by atoms with van der Waals surface area (Å²) in [6.07, 6.45) is 13.0. The molecule has 11 atom stereocenters. The minimum Gasteiger partial charge on any atom is -0.393 e. The molecule has 0 radical (unpaired) electrons. The molecule has 4 fully saturated rings. The predicted molar refractivity (Wildman–Crippen MR) is 147 cm³/mol. The smallest absolute Gasteiger partial charge is 0.0594 e. The second-order valence-electron chi connectivity index (χ2n) is 15.1. The van der Waals surface area contributed by atoms with Crippen LogP contribution < -0.4 is 0 Å². The largest absolute Gasteiger partial charge is 0.393 e. The molecule has 0 heterocycles. The van der Waals surface area contributed by atoms with Crippen LogP contribution in [-0.4, -0.2) is 11.2 Å². The van der Waals surface area contributed by atoms with Crippen molar-refractivity contribution in [3.63, 3.8) is 0 Å². The van der Waals surface area contributed by atoms with Gasteiger partial charge in [0.25, 0.3) is 0 Å². The maximum atomic E-state index is 10.9. The Morgan fingerprint density at radius 1 is 0.794 bits per heavy atom. The van der Waals surface area contributed by atoms with Crippen molar-refractivity contribution in [1.82, 2.24) is 0 Å². The molecule has 0 aromatic heterocycles. The molecule has 0 aromatic carbocycles. The van der Waals surface area contributed by atoms with Gasteiger partial charge in [0.05, 0.1) is 6.10 Å². The summed E-state index contributed by atoms with van der Waals surface area (Å²) in [5, 5.41) is 10.9. The molecular weight excluding hydrogens is 412 g/mol. The Morgan fingerprint density at radius 2 is 1.41 bits per heavy atom. The SMILES string of the molecule is CC.CC1CCC2(C)C(C3=CCC4C5(C)CCC(O)C(C)(C)C5CCC4(C)C3(C)C[C@H]2C)C1C. The number of hydrogen-bond acceptors (Lipinski definition) is 1. The highest BCUT2D eigenvalue weighted by molar-refractivity contribution is 5.34. The van der Waals surface area contributed by atoms with Crippen molar-refractivity contribution in [1.29, 1.82) is 0 Å². The number of aliphatic hydroxyl groups is 1. The molecule has 1 heteroatoms. The average molecular weight is 471 g/mol. The van der Waals surface area contributed by atoms with Gasteiger partial charge in [0.15, 0.2) is 0 Å². The molecule has 196 valence electrons. The molecule has 34 heavy (non-hydrogen) atoms.